The van der Waals surface area contributed by atoms with Gasteiger partial charge < -0.3 is 9.47 Å². The molecular formula is C21H28O3Si. The van der Waals surface area contributed by atoms with Gasteiger partial charge in [-0.05, 0) is 48.6 Å². The van der Waals surface area contributed by atoms with Gasteiger partial charge in [0, 0.05) is 6.08 Å². The zero-order chi connectivity index (χ0) is 18.4. The zero-order valence-electron chi connectivity index (χ0n) is 15.9. The SMILES string of the molecule is CCOC(=O)/C=C1\C=C(c2ccc(OC)cc2)C=C([Si](C)(C)C)CC1. The van der Waals surface area contributed by atoms with Gasteiger partial charge in [0.25, 0.3) is 0 Å². The summed E-state index contributed by atoms with van der Waals surface area (Å²) in [6, 6.07) is 8.07. The summed E-state index contributed by atoms with van der Waals surface area (Å²) in [6.07, 6.45) is 7.94. The van der Waals surface area contributed by atoms with Gasteiger partial charge in [0.2, 0.25) is 0 Å². The van der Waals surface area contributed by atoms with Gasteiger partial charge in [-0.15, -0.1) is 0 Å². The summed E-state index contributed by atoms with van der Waals surface area (Å²) in [5, 5.41) is 1.52. The smallest absolute Gasteiger partial charge is 0.331 e. The topological polar surface area (TPSA) is 35.5 Å². The van der Waals surface area contributed by atoms with Gasteiger partial charge in [0.1, 0.15) is 5.75 Å². The van der Waals surface area contributed by atoms with E-state index in [1.807, 2.05) is 19.1 Å². The average Bonchev–Trinajstić information content (AvgIpc) is 2.78. The van der Waals surface area contributed by atoms with E-state index in [9.17, 15) is 4.79 Å². The first-order valence-corrected chi connectivity index (χ1v) is 12.3. The van der Waals surface area contributed by atoms with Gasteiger partial charge in [-0.1, -0.05) is 49.1 Å². The third-order valence-corrected chi connectivity index (χ3v) is 6.65. The quantitative estimate of drug-likeness (QED) is 0.415. The number of rotatable bonds is 5. The lowest BCUT2D eigenvalue weighted by Gasteiger charge is -2.20. The van der Waals surface area contributed by atoms with Gasteiger partial charge in [-0.2, -0.15) is 0 Å². The lowest BCUT2D eigenvalue weighted by Crippen LogP contribution is -2.23. The van der Waals surface area contributed by atoms with Gasteiger partial charge in [-0.3, -0.25) is 0 Å². The molecular weight excluding hydrogens is 328 g/mol. The molecule has 0 aromatic heterocycles. The van der Waals surface area contributed by atoms with Crippen molar-refractivity contribution in [3.63, 3.8) is 0 Å². The molecule has 0 aliphatic heterocycles. The Kier molecular flexibility index (Phi) is 6.43. The molecule has 134 valence electrons. The number of benzene rings is 1. The predicted octanol–water partition coefficient (Wildman–Crippen LogP) is 5.17. The molecule has 0 heterocycles. The lowest BCUT2D eigenvalue weighted by molar-refractivity contribution is -0.137. The van der Waals surface area contributed by atoms with Crippen LogP contribution in [-0.4, -0.2) is 27.8 Å². The highest BCUT2D eigenvalue weighted by atomic mass is 28.3. The highest BCUT2D eigenvalue weighted by molar-refractivity contribution is 6.83. The molecule has 25 heavy (non-hydrogen) atoms. The van der Waals surface area contributed by atoms with Crippen molar-refractivity contribution in [2.75, 3.05) is 13.7 Å². The lowest BCUT2D eigenvalue weighted by atomic mass is 10.0. The number of carbonyl (C=O) groups excluding carboxylic acids is 1. The number of hydrogen-bond donors (Lipinski definition) is 0. The summed E-state index contributed by atoms with van der Waals surface area (Å²) in [5.74, 6) is 0.578. The van der Waals surface area contributed by atoms with Crippen molar-refractivity contribution in [2.24, 2.45) is 0 Å². The second-order valence-corrected chi connectivity index (χ2v) is 12.4. The van der Waals surface area contributed by atoms with E-state index in [0.717, 1.165) is 35.3 Å². The van der Waals surface area contributed by atoms with Crippen molar-refractivity contribution >= 4 is 19.6 Å². The second-order valence-electron chi connectivity index (χ2n) is 7.22. The number of allylic oxidation sites excluding steroid dienone is 5. The van der Waals surface area contributed by atoms with Crippen LogP contribution in [0.5, 0.6) is 5.75 Å². The molecule has 0 N–H and O–H groups in total. The Morgan fingerprint density at radius 1 is 1.12 bits per heavy atom. The van der Waals surface area contributed by atoms with E-state index in [0.29, 0.717) is 6.61 Å². The Balaban J connectivity index is 2.43. The van der Waals surface area contributed by atoms with Crippen LogP contribution in [0, 0.1) is 0 Å². The molecule has 3 nitrogen and oxygen atoms in total. The third-order valence-electron chi connectivity index (χ3n) is 4.33. The molecule has 0 unspecified atom stereocenters. The highest BCUT2D eigenvalue weighted by Crippen LogP contribution is 2.32. The fourth-order valence-electron chi connectivity index (χ4n) is 2.84. The molecule has 4 heteroatoms. The standard InChI is InChI=1S/C21H28O3Si/c1-6-24-21(22)14-16-7-12-20(25(3,4)5)15-18(13-16)17-8-10-19(23-2)11-9-17/h8-11,13-15H,6-7,12H2,1-5H3/b16-14-. The molecule has 0 radical (unpaired) electrons. The minimum atomic E-state index is -1.41. The highest BCUT2D eigenvalue weighted by Gasteiger charge is 2.22. The van der Waals surface area contributed by atoms with E-state index in [2.05, 4.69) is 43.9 Å². The molecule has 0 spiro atoms. The maximum absolute atomic E-state index is 11.9. The van der Waals surface area contributed by atoms with Crippen LogP contribution in [0.2, 0.25) is 19.6 Å². The second kappa shape index (κ2) is 8.34. The molecule has 0 fully saturated rings. The van der Waals surface area contributed by atoms with E-state index >= 15 is 0 Å². The molecule has 1 aliphatic rings. The predicted molar refractivity (Wildman–Crippen MR) is 106 cm³/mol. The van der Waals surface area contributed by atoms with Crippen LogP contribution in [0.25, 0.3) is 5.57 Å². The Morgan fingerprint density at radius 3 is 2.36 bits per heavy atom. The maximum atomic E-state index is 11.9. The van der Waals surface area contributed by atoms with Gasteiger partial charge in [0.05, 0.1) is 21.8 Å². The Bertz CT molecular complexity index is 704. The zero-order valence-corrected chi connectivity index (χ0v) is 16.9. The molecule has 0 saturated heterocycles. The first-order valence-electron chi connectivity index (χ1n) is 8.78. The first kappa shape index (κ1) is 19.3. The normalized spacial score (nSPS) is 16.8. The van der Waals surface area contributed by atoms with Crippen LogP contribution in [-0.2, 0) is 9.53 Å². The van der Waals surface area contributed by atoms with Gasteiger partial charge in [-0.25, -0.2) is 4.79 Å². The van der Waals surface area contributed by atoms with Crippen LogP contribution in [0.1, 0.15) is 25.3 Å². The Morgan fingerprint density at radius 2 is 1.80 bits per heavy atom. The van der Waals surface area contributed by atoms with Crippen molar-refractivity contribution in [1.29, 1.82) is 0 Å². The van der Waals surface area contributed by atoms with Crippen LogP contribution >= 0.6 is 0 Å². The minimum Gasteiger partial charge on any atom is -0.497 e. The summed E-state index contributed by atoms with van der Waals surface area (Å²) in [6.45, 7) is 9.32. The van der Waals surface area contributed by atoms with Crippen LogP contribution in [0.3, 0.4) is 0 Å². The fourth-order valence-corrected chi connectivity index (χ4v) is 4.31. The molecule has 0 saturated carbocycles. The van der Waals surface area contributed by atoms with Crippen molar-refractivity contribution in [1.82, 2.24) is 0 Å². The summed E-state index contributed by atoms with van der Waals surface area (Å²) in [4.78, 5) is 11.9. The van der Waals surface area contributed by atoms with Crippen molar-refractivity contribution < 1.29 is 14.3 Å². The first-order chi connectivity index (χ1) is 11.8. The van der Waals surface area contributed by atoms with Crippen molar-refractivity contribution in [3.05, 3.63) is 58.8 Å². The summed E-state index contributed by atoms with van der Waals surface area (Å²) >= 11 is 0. The molecule has 1 aromatic carbocycles. The van der Waals surface area contributed by atoms with Gasteiger partial charge >= 0.3 is 5.97 Å². The largest absolute Gasteiger partial charge is 0.497 e. The van der Waals surface area contributed by atoms with Crippen LogP contribution in [0.15, 0.2) is 53.3 Å². The van der Waals surface area contributed by atoms with Crippen LogP contribution < -0.4 is 4.74 Å². The summed E-state index contributed by atoms with van der Waals surface area (Å²) < 4.78 is 10.3. The van der Waals surface area contributed by atoms with E-state index < -0.39 is 8.07 Å². The third kappa shape index (κ3) is 5.46. The number of methoxy groups -OCH3 is 1. The van der Waals surface area contributed by atoms with Gasteiger partial charge in [0.15, 0.2) is 0 Å². The average molecular weight is 357 g/mol. The van der Waals surface area contributed by atoms with E-state index in [1.54, 1.807) is 13.2 Å². The van der Waals surface area contributed by atoms with E-state index in [-0.39, 0.29) is 5.97 Å². The fraction of sp³-hybridized carbons (Fsp3) is 0.381. The Labute approximate surface area is 152 Å². The van der Waals surface area contributed by atoms with Crippen molar-refractivity contribution in [3.8, 4) is 5.75 Å². The number of esters is 1. The number of hydrogen-bond acceptors (Lipinski definition) is 3. The minimum absolute atomic E-state index is 0.265. The summed E-state index contributed by atoms with van der Waals surface area (Å²) in [5.41, 5.74) is 3.30. The number of carbonyl (C=O) groups is 1. The Hall–Kier alpha value is -2.07. The molecule has 0 amide bonds. The number of ether oxygens (including phenoxy) is 2. The van der Waals surface area contributed by atoms with Crippen LogP contribution in [0.4, 0.5) is 0 Å². The van der Waals surface area contributed by atoms with Crippen molar-refractivity contribution in [2.45, 2.75) is 39.4 Å². The molecule has 2 rings (SSSR count). The monoisotopic (exact) mass is 356 g/mol. The molecule has 1 aliphatic carbocycles. The maximum Gasteiger partial charge on any atom is 0.331 e. The van der Waals surface area contributed by atoms with E-state index in [1.165, 1.54) is 5.20 Å². The molecule has 1 aromatic rings. The van der Waals surface area contributed by atoms with E-state index in [4.69, 9.17) is 9.47 Å². The molecule has 0 atom stereocenters. The molecule has 0 bridgehead atoms. The summed E-state index contributed by atoms with van der Waals surface area (Å²) in [7, 11) is 0.256.